The Morgan fingerprint density at radius 1 is 1.21 bits per heavy atom. The molecular weight excluding hydrogens is 396 g/mol. The molecule has 0 saturated heterocycles. The van der Waals surface area contributed by atoms with Crippen molar-refractivity contribution in [1.29, 1.82) is 0 Å². The van der Waals surface area contributed by atoms with E-state index in [4.69, 9.17) is 11.6 Å². The van der Waals surface area contributed by atoms with E-state index >= 15 is 0 Å². The third-order valence-electron chi connectivity index (χ3n) is 4.54. The van der Waals surface area contributed by atoms with E-state index in [2.05, 4.69) is 10.3 Å². The minimum Gasteiger partial charge on any atom is -0.354 e. The number of nitrogens with one attached hydrogen (secondary N) is 1. The van der Waals surface area contributed by atoms with Crippen LogP contribution < -0.4 is 15.8 Å². The van der Waals surface area contributed by atoms with Crippen LogP contribution in [0.2, 0.25) is 5.02 Å². The SMILES string of the molecule is CCN(CC)c1nc2ccsc2c(=O)n1CC(=O)NCCc1ccc(Cl)cc1. The summed E-state index contributed by atoms with van der Waals surface area (Å²) in [4.78, 5) is 32.0. The lowest BCUT2D eigenvalue weighted by Crippen LogP contribution is -2.37. The van der Waals surface area contributed by atoms with Gasteiger partial charge in [0.2, 0.25) is 11.9 Å². The molecule has 1 aromatic carbocycles. The first kappa shape index (κ1) is 20.4. The van der Waals surface area contributed by atoms with Crippen LogP contribution in [0.25, 0.3) is 10.2 Å². The van der Waals surface area contributed by atoms with Gasteiger partial charge in [-0.3, -0.25) is 14.2 Å². The van der Waals surface area contributed by atoms with Crippen LogP contribution >= 0.6 is 22.9 Å². The molecule has 1 N–H and O–H groups in total. The molecule has 0 bridgehead atoms. The fourth-order valence-electron chi connectivity index (χ4n) is 3.02. The zero-order valence-electron chi connectivity index (χ0n) is 15.9. The second-order valence-corrected chi connectivity index (χ2v) is 7.69. The Hall–Kier alpha value is -2.38. The number of hydrogen-bond donors (Lipinski definition) is 1. The monoisotopic (exact) mass is 418 g/mol. The van der Waals surface area contributed by atoms with Crippen molar-refractivity contribution in [2.24, 2.45) is 0 Å². The smallest absolute Gasteiger partial charge is 0.273 e. The van der Waals surface area contributed by atoms with Crippen molar-refractivity contribution in [3.63, 3.8) is 0 Å². The quantitative estimate of drug-likeness (QED) is 0.609. The Morgan fingerprint density at radius 3 is 2.61 bits per heavy atom. The number of nitrogens with zero attached hydrogens (tertiary/aromatic N) is 3. The highest BCUT2D eigenvalue weighted by Crippen LogP contribution is 2.19. The van der Waals surface area contributed by atoms with E-state index in [1.165, 1.54) is 15.9 Å². The van der Waals surface area contributed by atoms with Gasteiger partial charge in [-0.2, -0.15) is 0 Å². The molecule has 3 rings (SSSR count). The van der Waals surface area contributed by atoms with Crippen LogP contribution in [0.5, 0.6) is 0 Å². The van der Waals surface area contributed by atoms with Crippen LogP contribution in [0.15, 0.2) is 40.5 Å². The van der Waals surface area contributed by atoms with Crippen LogP contribution in [-0.4, -0.2) is 35.1 Å². The summed E-state index contributed by atoms with van der Waals surface area (Å²) < 4.78 is 2.05. The first-order valence-corrected chi connectivity index (χ1v) is 10.5. The summed E-state index contributed by atoms with van der Waals surface area (Å²) in [5.74, 6) is 0.330. The molecule has 0 radical (unpaired) electrons. The van der Waals surface area contributed by atoms with E-state index in [0.29, 0.717) is 47.2 Å². The number of thiophene rings is 1. The van der Waals surface area contributed by atoms with Crippen molar-refractivity contribution in [3.05, 3.63) is 56.7 Å². The summed E-state index contributed by atoms with van der Waals surface area (Å²) in [5, 5.41) is 5.43. The molecule has 2 aromatic heterocycles. The predicted molar refractivity (Wildman–Crippen MR) is 116 cm³/mol. The molecule has 0 aliphatic rings. The van der Waals surface area contributed by atoms with Crippen LogP contribution in [0.4, 0.5) is 5.95 Å². The third-order valence-corrected chi connectivity index (χ3v) is 5.69. The Labute approximate surface area is 172 Å². The van der Waals surface area contributed by atoms with Crippen LogP contribution in [-0.2, 0) is 17.8 Å². The van der Waals surface area contributed by atoms with Gasteiger partial charge in [0.1, 0.15) is 11.2 Å². The third kappa shape index (κ3) is 4.54. The second kappa shape index (κ2) is 9.21. The molecule has 148 valence electrons. The highest BCUT2D eigenvalue weighted by Gasteiger charge is 2.18. The van der Waals surface area contributed by atoms with Crippen molar-refractivity contribution >= 4 is 45.0 Å². The van der Waals surface area contributed by atoms with E-state index < -0.39 is 0 Å². The van der Waals surface area contributed by atoms with E-state index in [1.54, 1.807) is 0 Å². The van der Waals surface area contributed by atoms with Gasteiger partial charge in [0.25, 0.3) is 5.56 Å². The van der Waals surface area contributed by atoms with E-state index in [-0.39, 0.29) is 18.0 Å². The molecule has 0 aliphatic carbocycles. The maximum Gasteiger partial charge on any atom is 0.273 e. The Balaban J connectivity index is 1.75. The molecule has 0 saturated carbocycles. The summed E-state index contributed by atoms with van der Waals surface area (Å²) >= 11 is 7.24. The second-order valence-electron chi connectivity index (χ2n) is 6.34. The van der Waals surface area contributed by atoms with Crippen LogP contribution in [0, 0.1) is 0 Å². The number of halogens is 1. The average Bonchev–Trinajstić information content (AvgIpc) is 3.16. The lowest BCUT2D eigenvalue weighted by molar-refractivity contribution is -0.121. The number of rotatable bonds is 8. The van der Waals surface area contributed by atoms with Gasteiger partial charge in [0, 0.05) is 24.7 Å². The molecule has 8 heteroatoms. The molecule has 0 unspecified atom stereocenters. The molecule has 0 fully saturated rings. The van der Waals surface area contributed by atoms with Crippen molar-refractivity contribution in [3.8, 4) is 0 Å². The lowest BCUT2D eigenvalue weighted by atomic mass is 10.1. The fraction of sp³-hybridized carbons (Fsp3) is 0.350. The van der Waals surface area contributed by atoms with E-state index in [9.17, 15) is 9.59 Å². The summed E-state index contributed by atoms with van der Waals surface area (Å²) in [7, 11) is 0. The van der Waals surface area contributed by atoms with E-state index in [0.717, 1.165) is 5.56 Å². The van der Waals surface area contributed by atoms with Crippen molar-refractivity contribution in [2.75, 3.05) is 24.5 Å². The van der Waals surface area contributed by atoms with Gasteiger partial charge in [0.05, 0.1) is 5.52 Å². The molecular formula is C20H23ClN4O2S. The number of amides is 1. The van der Waals surface area contributed by atoms with Crippen LogP contribution in [0.1, 0.15) is 19.4 Å². The fourth-order valence-corrected chi connectivity index (χ4v) is 3.92. The van der Waals surface area contributed by atoms with E-state index in [1.807, 2.05) is 54.5 Å². The first-order chi connectivity index (χ1) is 13.5. The number of anilines is 1. The van der Waals surface area contributed by atoms with Gasteiger partial charge in [-0.25, -0.2) is 4.98 Å². The zero-order valence-corrected chi connectivity index (χ0v) is 17.5. The number of benzene rings is 1. The maximum absolute atomic E-state index is 12.9. The van der Waals surface area contributed by atoms with Gasteiger partial charge in [0.15, 0.2) is 0 Å². The lowest BCUT2D eigenvalue weighted by Gasteiger charge is -2.23. The average molecular weight is 419 g/mol. The van der Waals surface area contributed by atoms with Gasteiger partial charge >= 0.3 is 0 Å². The predicted octanol–water partition coefficient (Wildman–Crippen LogP) is 3.32. The zero-order chi connectivity index (χ0) is 20.1. The molecule has 0 spiro atoms. The summed E-state index contributed by atoms with van der Waals surface area (Å²) in [6.45, 7) is 5.86. The first-order valence-electron chi connectivity index (χ1n) is 9.27. The van der Waals surface area contributed by atoms with Gasteiger partial charge in [-0.1, -0.05) is 23.7 Å². The largest absolute Gasteiger partial charge is 0.354 e. The van der Waals surface area contributed by atoms with Crippen molar-refractivity contribution in [1.82, 2.24) is 14.9 Å². The summed E-state index contributed by atoms with van der Waals surface area (Å²) in [6.07, 6.45) is 0.697. The molecule has 1 amide bonds. The number of carbonyl (C=O) groups is 1. The Bertz CT molecular complexity index is 1010. The minimum absolute atomic E-state index is 0.0495. The maximum atomic E-state index is 12.9. The summed E-state index contributed by atoms with van der Waals surface area (Å²) in [6, 6.07) is 9.37. The van der Waals surface area contributed by atoms with Gasteiger partial charge in [-0.05, 0) is 49.4 Å². The van der Waals surface area contributed by atoms with Crippen LogP contribution in [0.3, 0.4) is 0 Å². The Kier molecular flexibility index (Phi) is 6.70. The summed E-state index contributed by atoms with van der Waals surface area (Å²) in [5.41, 5.74) is 1.60. The highest BCUT2D eigenvalue weighted by molar-refractivity contribution is 7.17. The molecule has 0 aliphatic heterocycles. The number of hydrogen-bond acceptors (Lipinski definition) is 5. The molecule has 6 nitrogen and oxygen atoms in total. The molecule has 0 atom stereocenters. The molecule has 3 aromatic rings. The minimum atomic E-state index is -0.206. The molecule has 28 heavy (non-hydrogen) atoms. The molecule has 2 heterocycles. The standard InChI is InChI=1S/C20H23ClN4O2S/c1-3-24(4-2)20-23-16-10-12-28-18(16)19(27)25(20)13-17(26)22-11-9-14-5-7-15(21)8-6-14/h5-8,10,12H,3-4,9,11,13H2,1-2H3,(H,22,26). The number of carbonyl (C=O) groups excluding carboxylic acids is 1. The normalized spacial score (nSPS) is 11.0. The van der Waals surface area contributed by atoms with Gasteiger partial charge < -0.3 is 10.2 Å². The van der Waals surface area contributed by atoms with Crippen molar-refractivity contribution in [2.45, 2.75) is 26.8 Å². The van der Waals surface area contributed by atoms with Gasteiger partial charge in [-0.15, -0.1) is 11.3 Å². The highest BCUT2D eigenvalue weighted by atomic mass is 35.5. The Morgan fingerprint density at radius 2 is 1.93 bits per heavy atom. The number of aromatic nitrogens is 2. The van der Waals surface area contributed by atoms with Crippen molar-refractivity contribution < 1.29 is 4.79 Å². The number of fused-ring (bicyclic) bond motifs is 1. The topological polar surface area (TPSA) is 67.2 Å².